The molecule has 8 nitrogen and oxygen atoms in total. The summed E-state index contributed by atoms with van der Waals surface area (Å²) in [4.78, 5) is 33.4. The van der Waals surface area contributed by atoms with Gasteiger partial charge in [-0.05, 0) is 50.7 Å². The van der Waals surface area contributed by atoms with Crippen LogP contribution in [-0.2, 0) is 10.9 Å². The number of carbonyl (C=O) groups is 1. The number of nitrogens with zero attached hydrogens (tertiary/aromatic N) is 3. The van der Waals surface area contributed by atoms with Crippen LogP contribution in [0.1, 0.15) is 29.8 Å². The number of alkyl halides is 3. The molecule has 5 rings (SSSR count). The number of hydrogen-bond acceptors (Lipinski definition) is 6. The zero-order valence-corrected chi connectivity index (χ0v) is 23.6. The molecular formula is C30H33F4N5O3. The van der Waals surface area contributed by atoms with Crippen molar-refractivity contribution in [2.45, 2.75) is 32.1 Å². The first-order chi connectivity index (χ1) is 19.9. The Hall–Kier alpha value is -3.90. The molecule has 2 atom stereocenters. The molecule has 2 aliphatic rings. The lowest BCUT2D eigenvalue weighted by Gasteiger charge is -2.44. The molecule has 2 N–H and O–H groups in total. The van der Waals surface area contributed by atoms with Crippen molar-refractivity contribution in [2.75, 3.05) is 61.6 Å². The zero-order valence-electron chi connectivity index (χ0n) is 23.6. The first kappa shape index (κ1) is 29.6. The molecule has 224 valence electrons. The molecule has 0 saturated carbocycles. The highest BCUT2D eigenvalue weighted by molar-refractivity contribution is 6.07. The summed E-state index contributed by atoms with van der Waals surface area (Å²) in [5.41, 5.74) is -0.925. The average Bonchev–Trinajstić information content (AvgIpc) is 2.96. The number of H-pyrrole nitrogens is 1. The number of nitrogens with one attached hydrogen (secondary N) is 2. The van der Waals surface area contributed by atoms with E-state index in [2.05, 4.69) is 20.1 Å². The lowest BCUT2D eigenvalue weighted by Crippen LogP contribution is -2.55. The van der Waals surface area contributed by atoms with Crippen LogP contribution in [-0.4, -0.2) is 74.3 Å². The van der Waals surface area contributed by atoms with Crippen molar-refractivity contribution in [2.24, 2.45) is 0 Å². The third kappa shape index (κ3) is 6.14. The van der Waals surface area contributed by atoms with Gasteiger partial charge in [0.1, 0.15) is 5.82 Å². The summed E-state index contributed by atoms with van der Waals surface area (Å²) in [5.74, 6) is -1.60. The van der Waals surface area contributed by atoms with Gasteiger partial charge in [0.2, 0.25) is 5.56 Å². The predicted molar refractivity (Wildman–Crippen MR) is 154 cm³/mol. The Morgan fingerprint density at radius 1 is 1.02 bits per heavy atom. The van der Waals surface area contributed by atoms with Crippen molar-refractivity contribution in [3.8, 4) is 11.1 Å². The summed E-state index contributed by atoms with van der Waals surface area (Å²) < 4.78 is 62.5. The lowest BCUT2D eigenvalue weighted by molar-refractivity contribution is -0.138. The monoisotopic (exact) mass is 587 g/mol. The molecule has 3 heterocycles. The van der Waals surface area contributed by atoms with Crippen molar-refractivity contribution in [3.05, 3.63) is 76.0 Å². The maximum absolute atomic E-state index is 15.9. The minimum absolute atomic E-state index is 0.0984. The molecule has 0 aliphatic carbocycles. The second-order valence-corrected chi connectivity index (χ2v) is 10.8. The number of aromatic amines is 1. The van der Waals surface area contributed by atoms with Gasteiger partial charge in [-0.2, -0.15) is 13.2 Å². The number of piperazine rings is 1. The number of hydrogen-bond donors (Lipinski definition) is 2. The first-order valence-electron chi connectivity index (χ1n) is 13.8. The summed E-state index contributed by atoms with van der Waals surface area (Å²) in [6.07, 6.45) is -4.18. The summed E-state index contributed by atoms with van der Waals surface area (Å²) in [7, 11) is 2.00. The quantitative estimate of drug-likeness (QED) is 0.417. The highest BCUT2D eigenvalue weighted by Gasteiger charge is 2.36. The molecule has 2 aromatic carbocycles. The van der Waals surface area contributed by atoms with Gasteiger partial charge in [-0.3, -0.25) is 14.5 Å². The number of pyridine rings is 1. The van der Waals surface area contributed by atoms with E-state index in [1.165, 1.54) is 12.1 Å². The summed E-state index contributed by atoms with van der Waals surface area (Å²) >= 11 is 0. The van der Waals surface area contributed by atoms with E-state index in [1.54, 1.807) is 6.07 Å². The van der Waals surface area contributed by atoms with Crippen LogP contribution in [0.15, 0.2) is 53.5 Å². The molecule has 2 aliphatic heterocycles. The minimum Gasteiger partial charge on any atom is -0.378 e. The van der Waals surface area contributed by atoms with Crippen molar-refractivity contribution < 1.29 is 27.1 Å². The first-order valence-corrected chi connectivity index (χ1v) is 13.8. The van der Waals surface area contributed by atoms with Crippen molar-refractivity contribution >= 4 is 23.0 Å². The van der Waals surface area contributed by atoms with Crippen LogP contribution in [0.3, 0.4) is 0 Å². The summed E-state index contributed by atoms with van der Waals surface area (Å²) in [6, 6.07) is 10.7. The molecule has 2 saturated heterocycles. The Morgan fingerprint density at radius 2 is 1.71 bits per heavy atom. The second kappa shape index (κ2) is 11.8. The topological polar surface area (TPSA) is 80.9 Å². The number of carbonyl (C=O) groups excluding carboxylic acids is 1. The number of likely N-dealkylation sites (N-methyl/N-ethyl adjacent to an activating group) is 1. The largest absolute Gasteiger partial charge is 0.417 e. The number of morpholine rings is 1. The number of ether oxygens (including phenoxy) is 1. The molecule has 42 heavy (non-hydrogen) atoms. The van der Waals surface area contributed by atoms with E-state index < -0.39 is 34.6 Å². The maximum atomic E-state index is 15.9. The molecule has 0 unspecified atom stereocenters. The smallest absolute Gasteiger partial charge is 0.378 e. The third-order valence-electron chi connectivity index (χ3n) is 8.04. The Morgan fingerprint density at radius 3 is 2.38 bits per heavy atom. The molecule has 1 aromatic heterocycles. The zero-order chi connectivity index (χ0) is 30.2. The fourth-order valence-electron chi connectivity index (χ4n) is 5.52. The van der Waals surface area contributed by atoms with Gasteiger partial charge in [-0.1, -0.05) is 12.1 Å². The van der Waals surface area contributed by atoms with E-state index in [4.69, 9.17) is 4.74 Å². The Kier molecular flexibility index (Phi) is 8.29. The molecule has 2 fully saturated rings. The van der Waals surface area contributed by atoms with Crippen LogP contribution >= 0.6 is 0 Å². The van der Waals surface area contributed by atoms with Crippen LogP contribution in [0.25, 0.3) is 11.1 Å². The van der Waals surface area contributed by atoms with Gasteiger partial charge in [0.25, 0.3) is 5.91 Å². The van der Waals surface area contributed by atoms with Gasteiger partial charge < -0.3 is 24.8 Å². The summed E-state index contributed by atoms with van der Waals surface area (Å²) in [5, 5.41) is 2.60. The van der Waals surface area contributed by atoms with Crippen LogP contribution in [0.4, 0.5) is 34.6 Å². The summed E-state index contributed by atoms with van der Waals surface area (Å²) in [6.45, 7) is 7.62. The maximum Gasteiger partial charge on any atom is 0.417 e. The number of benzene rings is 2. The van der Waals surface area contributed by atoms with Gasteiger partial charge >= 0.3 is 6.18 Å². The fraction of sp³-hybridized carbons (Fsp3) is 0.400. The van der Waals surface area contributed by atoms with Gasteiger partial charge in [-0.15, -0.1) is 0 Å². The van der Waals surface area contributed by atoms with E-state index in [0.717, 1.165) is 11.9 Å². The van der Waals surface area contributed by atoms with Crippen molar-refractivity contribution in [1.82, 2.24) is 9.88 Å². The Balaban J connectivity index is 1.58. The second-order valence-electron chi connectivity index (χ2n) is 10.8. The van der Waals surface area contributed by atoms with Gasteiger partial charge in [0.05, 0.1) is 35.7 Å². The molecule has 0 spiro atoms. The van der Waals surface area contributed by atoms with E-state index in [-0.39, 0.29) is 23.3 Å². The van der Waals surface area contributed by atoms with Crippen LogP contribution < -0.4 is 20.7 Å². The van der Waals surface area contributed by atoms with Gasteiger partial charge in [-0.25, -0.2) is 4.39 Å². The Bertz CT molecular complexity index is 1510. The highest BCUT2D eigenvalue weighted by atomic mass is 19.4. The van der Waals surface area contributed by atoms with E-state index in [9.17, 15) is 22.8 Å². The van der Waals surface area contributed by atoms with E-state index in [1.807, 2.05) is 44.0 Å². The average molecular weight is 588 g/mol. The normalized spacial score (nSPS) is 20.1. The van der Waals surface area contributed by atoms with Gasteiger partial charge in [0.15, 0.2) is 0 Å². The minimum atomic E-state index is -4.93. The molecule has 0 radical (unpaired) electrons. The van der Waals surface area contributed by atoms with Crippen LogP contribution in [0.5, 0.6) is 0 Å². The van der Waals surface area contributed by atoms with Crippen LogP contribution in [0.2, 0.25) is 0 Å². The molecular weight excluding hydrogens is 554 g/mol. The molecule has 1 amide bonds. The standard InChI is InChI=1S/C30H33F4N5O3/c1-18-16-39(17-19(2)37(18)3)27-14-25(31)22(20-5-4-6-21(11-20)38-7-9-42-10-8-38)12-26(27)36-29(41)23-15-35-28(40)13-24(23)30(32,33)34/h4-6,11-15,18-19H,7-10,16-17H2,1-3H3,(H,35,40)(H,36,41)/t18-,19+. The third-order valence-corrected chi connectivity index (χ3v) is 8.04. The fourth-order valence-corrected chi connectivity index (χ4v) is 5.52. The van der Waals surface area contributed by atoms with E-state index >= 15 is 4.39 Å². The molecule has 0 bridgehead atoms. The number of amides is 1. The molecule has 12 heteroatoms. The Labute approximate surface area is 240 Å². The van der Waals surface area contributed by atoms with Crippen LogP contribution in [0, 0.1) is 5.82 Å². The number of rotatable bonds is 5. The van der Waals surface area contributed by atoms with E-state index in [0.29, 0.717) is 56.7 Å². The van der Waals surface area contributed by atoms with Crippen molar-refractivity contribution in [1.29, 1.82) is 0 Å². The number of halogens is 4. The van der Waals surface area contributed by atoms with Crippen molar-refractivity contribution in [3.63, 3.8) is 0 Å². The number of anilines is 3. The SMILES string of the molecule is C[C@@H]1CN(c2cc(F)c(-c3cccc(N4CCOCC4)c3)cc2NC(=O)c2c[nH]c(=O)cc2C(F)(F)F)C[C@H](C)N1C. The lowest BCUT2D eigenvalue weighted by atomic mass is 10.0. The highest BCUT2D eigenvalue weighted by Crippen LogP contribution is 2.38. The van der Waals surface area contributed by atoms with Gasteiger partial charge in [0, 0.05) is 61.8 Å². The number of aromatic nitrogens is 1. The molecule has 3 aromatic rings. The predicted octanol–water partition coefficient (Wildman–Crippen LogP) is 4.82.